The van der Waals surface area contributed by atoms with Gasteiger partial charge in [0.2, 0.25) is 5.91 Å². The molecule has 4 aromatic rings. The van der Waals surface area contributed by atoms with E-state index in [1.807, 2.05) is 66.7 Å². The highest BCUT2D eigenvalue weighted by Gasteiger charge is 2.07. The molecule has 0 fully saturated rings. The van der Waals surface area contributed by atoms with Crippen molar-refractivity contribution in [3.05, 3.63) is 97.1 Å². The molecule has 0 saturated heterocycles. The fourth-order valence-corrected chi connectivity index (χ4v) is 3.01. The number of amides is 1. The van der Waals surface area contributed by atoms with Gasteiger partial charge in [0.25, 0.3) is 0 Å². The first kappa shape index (κ1) is 17.5. The minimum absolute atomic E-state index is 0.0861. The summed E-state index contributed by atoms with van der Waals surface area (Å²) in [6.07, 6.45) is 7.09. The van der Waals surface area contributed by atoms with Crippen LogP contribution in [0.4, 0.5) is 5.69 Å². The first-order chi connectivity index (χ1) is 13.8. The van der Waals surface area contributed by atoms with Gasteiger partial charge in [0.1, 0.15) is 0 Å². The van der Waals surface area contributed by atoms with Crippen LogP contribution < -0.4 is 5.32 Å². The summed E-state index contributed by atoms with van der Waals surface area (Å²) in [7, 11) is 0. The third kappa shape index (κ3) is 4.27. The zero-order valence-electron chi connectivity index (χ0n) is 15.1. The highest BCUT2D eigenvalue weighted by atomic mass is 16.1. The van der Waals surface area contributed by atoms with E-state index in [4.69, 9.17) is 0 Å². The predicted molar refractivity (Wildman–Crippen MR) is 109 cm³/mol. The van der Waals surface area contributed by atoms with Crippen LogP contribution in [0.25, 0.3) is 22.3 Å². The molecule has 5 heteroatoms. The molecule has 0 radical (unpaired) electrons. The molecule has 1 N–H and O–H groups in total. The molecular formula is C23H18N4O. The second-order valence-corrected chi connectivity index (χ2v) is 6.38. The van der Waals surface area contributed by atoms with Crippen LogP contribution in [0.5, 0.6) is 0 Å². The number of hydrogen-bond acceptors (Lipinski definition) is 4. The van der Waals surface area contributed by atoms with Crippen LogP contribution in [0, 0.1) is 0 Å². The van der Waals surface area contributed by atoms with Crippen molar-refractivity contribution in [2.45, 2.75) is 6.42 Å². The number of aromatic nitrogens is 3. The highest BCUT2D eigenvalue weighted by molar-refractivity contribution is 5.93. The third-order valence-electron chi connectivity index (χ3n) is 4.34. The lowest BCUT2D eigenvalue weighted by Crippen LogP contribution is -2.14. The Bertz CT molecular complexity index is 995. The molecule has 28 heavy (non-hydrogen) atoms. The molecule has 4 rings (SSSR count). The van der Waals surface area contributed by atoms with E-state index < -0.39 is 0 Å². The lowest BCUT2D eigenvalue weighted by Gasteiger charge is -2.08. The van der Waals surface area contributed by atoms with Crippen molar-refractivity contribution in [2.24, 2.45) is 0 Å². The Morgan fingerprint density at radius 3 is 2.43 bits per heavy atom. The van der Waals surface area contributed by atoms with Gasteiger partial charge in [-0.15, -0.1) is 0 Å². The Hall–Kier alpha value is -3.86. The molecule has 2 aromatic carbocycles. The van der Waals surface area contributed by atoms with Crippen molar-refractivity contribution in [3.8, 4) is 22.3 Å². The van der Waals surface area contributed by atoms with Gasteiger partial charge in [-0.3, -0.25) is 9.78 Å². The fourth-order valence-electron chi connectivity index (χ4n) is 3.01. The van der Waals surface area contributed by atoms with Gasteiger partial charge in [-0.05, 0) is 28.8 Å². The third-order valence-corrected chi connectivity index (χ3v) is 4.34. The number of nitrogens with one attached hydrogen (secondary N) is 1. The Morgan fingerprint density at radius 1 is 0.750 bits per heavy atom. The Kier molecular flexibility index (Phi) is 5.15. The molecule has 0 spiro atoms. The summed E-state index contributed by atoms with van der Waals surface area (Å²) >= 11 is 0. The zero-order valence-corrected chi connectivity index (χ0v) is 15.1. The largest absolute Gasteiger partial charge is 0.324 e. The van der Waals surface area contributed by atoms with Gasteiger partial charge < -0.3 is 5.32 Å². The number of carbonyl (C=O) groups excluding carboxylic acids is 1. The minimum atomic E-state index is -0.0861. The first-order valence-electron chi connectivity index (χ1n) is 8.94. The van der Waals surface area contributed by atoms with Crippen LogP contribution >= 0.6 is 0 Å². The quantitative estimate of drug-likeness (QED) is 0.569. The SMILES string of the molecule is O=C(Cc1cccc(-c2ccnnc2)c1)Nc1cncc(-c2ccccc2)c1. The van der Waals surface area contributed by atoms with Gasteiger partial charge in [0.05, 0.1) is 30.7 Å². The van der Waals surface area contributed by atoms with E-state index in [0.717, 1.165) is 27.8 Å². The zero-order chi connectivity index (χ0) is 19.2. The van der Waals surface area contributed by atoms with Crippen LogP contribution in [0.2, 0.25) is 0 Å². The number of rotatable bonds is 5. The molecule has 1 amide bonds. The van der Waals surface area contributed by atoms with E-state index in [9.17, 15) is 4.79 Å². The van der Waals surface area contributed by atoms with Crippen LogP contribution in [0.15, 0.2) is 91.5 Å². The van der Waals surface area contributed by atoms with Crippen molar-refractivity contribution in [2.75, 3.05) is 5.32 Å². The number of carbonyl (C=O) groups is 1. The van der Waals surface area contributed by atoms with Crippen molar-refractivity contribution in [1.82, 2.24) is 15.2 Å². The maximum Gasteiger partial charge on any atom is 0.228 e. The molecule has 0 aliphatic heterocycles. The van der Waals surface area contributed by atoms with E-state index >= 15 is 0 Å². The van der Waals surface area contributed by atoms with Crippen LogP contribution in [-0.2, 0) is 11.2 Å². The molecule has 2 heterocycles. The van der Waals surface area contributed by atoms with Crippen LogP contribution in [0.3, 0.4) is 0 Å². The van der Waals surface area contributed by atoms with E-state index in [2.05, 4.69) is 20.5 Å². The Morgan fingerprint density at radius 2 is 1.61 bits per heavy atom. The van der Waals surface area contributed by atoms with E-state index in [1.165, 1.54) is 0 Å². The van der Waals surface area contributed by atoms with Gasteiger partial charge in [0.15, 0.2) is 0 Å². The van der Waals surface area contributed by atoms with Crippen molar-refractivity contribution in [1.29, 1.82) is 0 Å². The van der Waals surface area contributed by atoms with Crippen molar-refractivity contribution >= 4 is 11.6 Å². The van der Waals surface area contributed by atoms with Gasteiger partial charge in [-0.25, -0.2) is 0 Å². The maximum atomic E-state index is 12.5. The molecule has 5 nitrogen and oxygen atoms in total. The maximum absolute atomic E-state index is 12.5. The van der Waals surface area contributed by atoms with E-state index in [1.54, 1.807) is 24.8 Å². The molecular weight excluding hydrogens is 348 g/mol. The van der Waals surface area contributed by atoms with Crippen molar-refractivity contribution in [3.63, 3.8) is 0 Å². The minimum Gasteiger partial charge on any atom is -0.324 e. The molecule has 2 aromatic heterocycles. The summed E-state index contributed by atoms with van der Waals surface area (Å²) in [5.74, 6) is -0.0861. The van der Waals surface area contributed by atoms with Crippen LogP contribution in [-0.4, -0.2) is 21.1 Å². The van der Waals surface area contributed by atoms with E-state index in [-0.39, 0.29) is 12.3 Å². The van der Waals surface area contributed by atoms with Gasteiger partial charge in [-0.2, -0.15) is 10.2 Å². The van der Waals surface area contributed by atoms with Gasteiger partial charge in [0, 0.05) is 17.3 Å². The van der Waals surface area contributed by atoms with Gasteiger partial charge in [-0.1, -0.05) is 54.6 Å². The lowest BCUT2D eigenvalue weighted by molar-refractivity contribution is -0.115. The summed E-state index contributed by atoms with van der Waals surface area (Å²) in [6, 6.07) is 21.7. The second kappa shape index (κ2) is 8.22. The van der Waals surface area contributed by atoms with Crippen LogP contribution in [0.1, 0.15) is 5.56 Å². The number of nitrogens with zero attached hydrogens (tertiary/aromatic N) is 3. The standard InChI is InChI=1S/C23H18N4O/c28-23(12-17-5-4-8-19(11-17)20-9-10-25-26-15-20)27-22-13-21(14-24-16-22)18-6-2-1-3-7-18/h1-11,13-16H,12H2,(H,27,28). The first-order valence-corrected chi connectivity index (χ1v) is 8.94. The topological polar surface area (TPSA) is 67.8 Å². The summed E-state index contributed by atoms with van der Waals surface area (Å²) in [6.45, 7) is 0. The summed E-state index contributed by atoms with van der Waals surface area (Å²) in [5, 5.41) is 10.6. The summed E-state index contributed by atoms with van der Waals surface area (Å²) < 4.78 is 0. The Labute approximate surface area is 163 Å². The predicted octanol–water partition coefficient (Wildman–Crippen LogP) is 4.39. The second-order valence-electron chi connectivity index (χ2n) is 6.38. The molecule has 0 aliphatic carbocycles. The number of benzene rings is 2. The van der Waals surface area contributed by atoms with Crippen molar-refractivity contribution < 1.29 is 4.79 Å². The Balaban J connectivity index is 1.47. The molecule has 0 saturated carbocycles. The average Bonchev–Trinajstić information content (AvgIpc) is 2.75. The normalized spacial score (nSPS) is 10.4. The number of anilines is 1. The molecule has 136 valence electrons. The van der Waals surface area contributed by atoms with Gasteiger partial charge >= 0.3 is 0 Å². The average molecular weight is 366 g/mol. The monoisotopic (exact) mass is 366 g/mol. The summed E-state index contributed by atoms with van der Waals surface area (Å²) in [5.41, 5.74) is 5.61. The molecule has 0 atom stereocenters. The highest BCUT2D eigenvalue weighted by Crippen LogP contribution is 2.22. The fraction of sp³-hybridized carbons (Fsp3) is 0.0435. The molecule has 0 aliphatic rings. The summed E-state index contributed by atoms with van der Waals surface area (Å²) in [4.78, 5) is 16.8. The smallest absolute Gasteiger partial charge is 0.228 e. The number of pyridine rings is 1. The van der Waals surface area contributed by atoms with E-state index in [0.29, 0.717) is 5.69 Å². The molecule has 0 unspecified atom stereocenters. The number of hydrogen-bond donors (Lipinski definition) is 1. The lowest BCUT2D eigenvalue weighted by atomic mass is 10.0. The molecule has 0 bridgehead atoms.